The minimum atomic E-state index is -0.460. The Balaban J connectivity index is 0.000000925. The maximum Gasteiger partial charge on any atom is 0.325 e. The first kappa shape index (κ1) is 17.2. The van der Waals surface area contributed by atoms with Crippen LogP contribution in [0.25, 0.3) is 0 Å². The van der Waals surface area contributed by atoms with Crippen molar-refractivity contribution in [2.75, 3.05) is 18.6 Å². The second kappa shape index (κ2) is 6.95. The Labute approximate surface area is 137 Å². The molecule has 0 aliphatic carbocycles. The zero-order chi connectivity index (χ0) is 17.1. The number of hydrogen-bond acceptors (Lipinski definition) is 4. The van der Waals surface area contributed by atoms with Gasteiger partial charge in [0.2, 0.25) is 5.91 Å². The number of fused-ring (bicyclic) bond motifs is 1. The number of benzene rings is 1. The molecule has 1 atom stereocenters. The highest BCUT2D eigenvalue weighted by molar-refractivity contribution is 5.97. The van der Waals surface area contributed by atoms with Gasteiger partial charge in [-0.15, -0.1) is 0 Å². The predicted octanol–water partition coefficient (Wildman–Crippen LogP) is 2.56. The molecule has 3 amide bonds. The first-order valence-electron chi connectivity index (χ1n) is 7.94. The molecular formula is C16H25FN4O2. The molecule has 0 bridgehead atoms. The molecule has 0 aromatic heterocycles. The third-order valence-electron chi connectivity index (χ3n) is 3.95. The zero-order valence-corrected chi connectivity index (χ0v) is 13.9. The number of anilines is 1. The van der Waals surface area contributed by atoms with Gasteiger partial charge in [-0.1, -0.05) is 20.8 Å². The third kappa shape index (κ3) is 3.14. The highest BCUT2D eigenvalue weighted by Gasteiger charge is 2.37. The van der Waals surface area contributed by atoms with E-state index >= 15 is 0 Å². The van der Waals surface area contributed by atoms with E-state index in [-0.39, 0.29) is 19.6 Å². The lowest BCUT2D eigenvalue weighted by atomic mass is 10.0. The van der Waals surface area contributed by atoms with Crippen molar-refractivity contribution in [3.63, 3.8) is 0 Å². The van der Waals surface area contributed by atoms with Crippen molar-refractivity contribution in [1.29, 1.82) is 0 Å². The molecule has 1 fully saturated rings. The van der Waals surface area contributed by atoms with Crippen molar-refractivity contribution >= 4 is 17.6 Å². The number of aryl methyl sites for hydroxylation is 1. The Kier molecular flexibility index (Phi) is 5.20. The number of carbonyl (C=O) groups is 2. The third-order valence-corrected chi connectivity index (χ3v) is 3.95. The number of rotatable bonds is 2. The van der Waals surface area contributed by atoms with E-state index in [1.165, 1.54) is 11.0 Å². The number of nitrogens with one attached hydrogen (secondary N) is 2. The van der Waals surface area contributed by atoms with Gasteiger partial charge >= 0.3 is 6.03 Å². The van der Waals surface area contributed by atoms with Crippen LogP contribution in [0, 0.1) is 5.82 Å². The van der Waals surface area contributed by atoms with E-state index in [1.54, 1.807) is 11.1 Å². The number of hydrogen-bond donors (Lipinski definition) is 2. The molecule has 23 heavy (non-hydrogen) atoms. The molecule has 2 aliphatic heterocycles. The topological polar surface area (TPSA) is 64.7 Å². The van der Waals surface area contributed by atoms with Crippen LogP contribution in [0.15, 0.2) is 12.1 Å². The number of hydrazine groups is 1. The van der Waals surface area contributed by atoms with Crippen LogP contribution in [0.5, 0.6) is 0 Å². The van der Waals surface area contributed by atoms with Crippen molar-refractivity contribution in [2.24, 2.45) is 0 Å². The van der Waals surface area contributed by atoms with E-state index in [4.69, 9.17) is 0 Å². The van der Waals surface area contributed by atoms with Crippen molar-refractivity contribution in [1.82, 2.24) is 15.6 Å². The van der Waals surface area contributed by atoms with Gasteiger partial charge < -0.3 is 9.91 Å². The first-order chi connectivity index (χ1) is 11.0. The molecule has 7 heteroatoms. The minimum Gasteiger partial charge on any atom is -0.309 e. The molecule has 2 heterocycles. The normalized spacial score (nSPS) is 20.0. The molecule has 2 aliphatic rings. The predicted molar refractivity (Wildman–Crippen MR) is 88.4 cm³/mol. The minimum absolute atomic E-state index is 0. The molecule has 6 nitrogen and oxygen atoms in total. The maximum absolute atomic E-state index is 14.1. The lowest BCUT2D eigenvalue weighted by Gasteiger charge is -2.32. The van der Waals surface area contributed by atoms with Gasteiger partial charge in [-0.05, 0) is 24.1 Å². The molecule has 0 saturated carbocycles. The molecule has 0 radical (unpaired) electrons. The monoisotopic (exact) mass is 324 g/mol. The van der Waals surface area contributed by atoms with Crippen LogP contribution in [-0.4, -0.2) is 30.4 Å². The van der Waals surface area contributed by atoms with E-state index in [2.05, 4.69) is 10.7 Å². The van der Waals surface area contributed by atoms with Crippen molar-refractivity contribution in [3.05, 3.63) is 29.1 Å². The highest BCUT2D eigenvalue weighted by atomic mass is 19.1. The number of amides is 3. The van der Waals surface area contributed by atoms with E-state index in [0.717, 1.165) is 5.69 Å². The van der Waals surface area contributed by atoms with Gasteiger partial charge in [0.15, 0.2) is 0 Å². The number of nitrogens with zero attached hydrogens (tertiary/aromatic N) is 2. The molecule has 128 valence electrons. The molecule has 1 unspecified atom stereocenters. The van der Waals surface area contributed by atoms with Crippen LogP contribution < -0.4 is 15.8 Å². The summed E-state index contributed by atoms with van der Waals surface area (Å²) in [5, 5.41) is 4.06. The molecular weight excluding hydrogens is 299 g/mol. The summed E-state index contributed by atoms with van der Waals surface area (Å²) >= 11 is 0. The maximum atomic E-state index is 14.1. The average Bonchev–Trinajstić information content (AvgIpc) is 2.84. The van der Waals surface area contributed by atoms with Gasteiger partial charge in [0.05, 0.1) is 5.69 Å². The zero-order valence-electron chi connectivity index (χ0n) is 13.9. The van der Waals surface area contributed by atoms with Crippen molar-refractivity contribution in [3.8, 4) is 0 Å². The lowest BCUT2D eigenvalue weighted by molar-refractivity contribution is -0.121. The van der Waals surface area contributed by atoms with Crippen LogP contribution >= 0.6 is 0 Å². The van der Waals surface area contributed by atoms with Crippen molar-refractivity contribution < 1.29 is 15.4 Å². The summed E-state index contributed by atoms with van der Waals surface area (Å²) in [6.45, 7) is 6.21. The number of carbonyl (C=O) groups excluding carboxylic acids is 2. The lowest BCUT2D eigenvalue weighted by Crippen LogP contribution is -2.53. The SMILES string of the molecule is CC.CCc1cc2c(cc1F)C(N1CCC(=O)NC1=O)NN2C.[HH]. The van der Waals surface area contributed by atoms with Crippen LogP contribution in [0.2, 0.25) is 0 Å². The van der Waals surface area contributed by atoms with Gasteiger partial charge in [0.1, 0.15) is 12.0 Å². The molecule has 3 rings (SSSR count). The molecule has 1 aromatic carbocycles. The highest BCUT2D eigenvalue weighted by Crippen LogP contribution is 2.36. The van der Waals surface area contributed by atoms with E-state index in [1.807, 2.05) is 27.8 Å². The average molecular weight is 324 g/mol. The molecule has 0 spiro atoms. The molecule has 1 aromatic rings. The molecule has 2 N–H and O–H groups in total. The fourth-order valence-electron chi connectivity index (χ4n) is 2.78. The van der Waals surface area contributed by atoms with Gasteiger partial charge in [-0.2, -0.15) is 0 Å². The fourth-order valence-corrected chi connectivity index (χ4v) is 2.78. The van der Waals surface area contributed by atoms with Gasteiger partial charge in [0.25, 0.3) is 0 Å². The van der Waals surface area contributed by atoms with Gasteiger partial charge in [-0.3, -0.25) is 10.1 Å². The van der Waals surface area contributed by atoms with Crippen molar-refractivity contribution in [2.45, 2.75) is 39.8 Å². The van der Waals surface area contributed by atoms with Crippen LogP contribution in [0.3, 0.4) is 0 Å². The Morgan fingerprint density at radius 3 is 2.65 bits per heavy atom. The summed E-state index contributed by atoms with van der Waals surface area (Å²) in [5.41, 5.74) is 5.33. The summed E-state index contributed by atoms with van der Waals surface area (Å²) in [6, 6.07) is 2.81. The Bertz CT molecular complexity index is 626. The van der Waals surface area contributed by atoms with E-state index < -0.39 is 12.2 Å². The number of halogens is 1. The standard InChI is InChI=1S/C14H17FN4O2.C2H6.H2/c1-3-8-6-11-9(7-10(8)15)13(17-18(11)2)19-5-4-12(20)16-14(19)21;1-2;/h6-7,13,17H,3-5H2,1-2H3,(H,16,20,21);1-2H3;1H. The molecule has 1 saturated heterocycles. The Morgan fingerprint density at radius 2 is 2.04 bits per heavy atom. The van der Waals surface area contributed by atoms with Gasteiger partial charge in [-0.25, -0.2) is 14.6 Å². The summed E-state index contributed by atoms with van der Waals surface area (Å²) in [5.74, 6) is -0.554. The smallest absolute Gasteiger partial charge is 0.309 e. The Morgan fingerprint density at radius 1 is 1.35 bits per heavy atom. The van der Waals surface area contributed by atoms with Crippen LogP contribution in [0.4, 0.5) is 14.9 Å². The van der Waals surface area contributed by atoms with E-state index in [0.29, 0.717) is 24.1 Å². The quantitative estimate of drug-likeness (QED) is 0.877. The van der Waals surface area contributed by atoms with E-state index in [9.17, 15) is 14.0 Å². The second-order valence-electron chi connectivity index (χ2n) is 5.24. The number of urea groups is 1. The summed E-state index contributed by atoms with van der Waals surface area (Å²) in [4.78, 5) is 24.7. The summed E-state index contributed by atoms with van der Waals surface area (Å²) in [6.07, 6.45) is 0.396. The number of imide groups is 1. The van der Waals surface area contributed by atoms with Gasteiger partial charge in [0, 0.05) is 27.0 Å². The first-order valence-corrected chi connectivity index (χ1v) is 7.94. The second-order valence-corrected chi connectivity index (χ2v) is 5.24. The fraction of sp³-hybridized carbons (Fsp3) is 0.500. The van der Waals surface area contributed by atoms with Crippen LogP contribution in [0.1, 0.15) is 45.9 Å². The van der Waals surface area contributed by atoms with Crippen LogP contribution in [-0.2, 0) is 11.2 Å². The Hall–Kier alpha value is -2.15. The summed E-state index contributed by atoms with van der Waals surface area (Å²) < 4.78 is 14.1. The largest absolute Gasteiger partial charge is 0.325 e. The summed E-state index contributed by atoms with van der Waals surface area (Å²) in [7, 11) is 1.82.